The van der Waals surface area contributed by atoms with E-state index in [0.29, 0.717) is 5.92 Å². The van der Waals surface area contributed by atoms with Crippen LogP contribution in [0, 0.1) is 0 Å². The molecule has 4 aromatic rings. The molecule has 0 saturated carbocycles. The molecular formula is C31H34N4OS2. The number of nitrogens with zero attached hydrogens (tertiary/aromatic N) is 3. The Labute approximate surface area is 235 Å². The monoisotopic (exact) mass is 542 g/mol. The topological polar surface area (TPSA) is 40.6 Å². The van der Waals surface area contributed by atoms with Crippen molar-refractivity contribution in [3.8, 4) is 11.3 Å². The average Bonchev–Trinajstić information content (AvgIpc) is 3.45. The molecule has 1 aliphatic rings. The molecule has 2 heterocycles. The Morgan fingerprint density at radius 2 is 1.50 bits per heavy atom. The van der Waals surface area contributed by atoms with E-state index in [2.05, 4.69) is 93.3 Å². The Bertz CT molecular complexity index is 1220. The van der Waals surface area contributed by atoms with Gasteiger partial charge in [-0.1, -0.05) is 91.0 Å². The van der Waals surface area contributed by atoms with Gasteiger partial charge in [-0.2, -0.15) is 0 Å². The Hall–Kier alpha value is -3.10. The third-order valence-corrected chi connectivity index (χ3v) is 8.07. The van der Waals surface area contributed by atoms with Crippen molar-refractivity contribution in [2.24, 2.45) is 0 Å². The molecule has 38 heavy (non-hydrogen) atoms. The number of ether oxygens (including phenoxy) is 1. The SMILES string of the molecule is S=C(Nc1nc(-c2ccccc2)cs1)N(CCC(c1ccccc1)c1ccccc1)CCN1CCOCC1. The predicted molar refractivity (Wildman–Crippen MR) is 162 cm³/mol. The summed E-state index contributed by atoms with van der Waals surface area (Å²) >= 11 is 7.57. The fraction of sp³-hybridized carbons (Fsp3) is 0.290. The Kier molecular flexibility index (Phi) is 9.50. The smallest absolute Gasteiger partial charge is 0.189 e. The number of hydrogen-bond acceptors (Lipinski definition) is 5. The molecule has 0 aliphatic carbocycles. The second-order valence-electron chi connectivity index (χ2n) is 9.44. The number of anilines is 1. The van der Waals surface area contributed by atoms with Crippen LogP contribution in [0.3, 0.4) is 0 Å². The van der Waals surface area contributed by atoms with E-state index in [1.165, 1.54) is 11.1 Å². The summed E-state index contributed by atoms with van der Waals surface area (Å²) in [6.07, 6.45) is 0.964. The van der Waals surface area contributed by atoms with Crippen LogP contribution in [-0.2, 0) is 4.74 Å². The van der Waals surface area contributed by atoms with Crippen molar-refractivity contribution in [2.45, 2.75) is 12.3 Å². The minimum absolute atomic E-state index is 0.302. The molecule has 0 unspecified atom stereocenters. The summed E-state index contributed by atoms with van der Waals surface area (Å²) in [4.78, 5) is 9.58. The molecule has 0 radical (unpaired) electrons. The van der Waals surface area contributed by atoms with E-state index in [0.717, 1.165) is 73.9 Å². The summed E-state index contributed by atoms with van der Waals surface area (Å²) in [6.45, 7) is 6.21. The lowest BCUT2D eigenvalue weighted by Gasteiger charge is -2.32. The maximum atomic E-state index is 5.97. The molecule has 5 rings (SSSR count). The third-order valence-electron chi connectivity index (χ3n) is 6.96. The standard InChI is InChI=1S/C31H34N4OS2/c37-31(33-30-32-29(24-38-30)27-14-8-3-9-15-27)35(19-18-34-20-22-36-23-21-34)17-16-28(25-10-4-1-5-11-25)26-12-6-2-7-13-26/h1-15,24,28H,16-23H2,(H,32,33,37). The first kappa shape index (κ1) is 26.5. The van der Waals surface area contributed by atoms with E-state index in [1.807, 2.05) is 18.2 Å². The van der Waals surface area contributed by atoms with Crippen LogP contribution in [0.15, 0.2) is 96.4 Å². The van der Waals surface area contributed by atoms with E-state index in [-0.39, 0.29) is 0 Å². The number of morpholine rings is 1. The summed E-state index contributed by atoms with van der Waals surface area (Å²) in [5, 5.41) is 7.08. The molecule has 0 bridgehead atoms. The molecule has 1 aromatic heterocycles. The molecule has 0 spiro atoms. The summed E-state index contributed by atoms with van der Waals surface area (Å²) in [5.74, 6) is 0.302. The largest absolute Gasteiger partial charge is 0.379 e. The first-order chi connectivity index (χ1) is 18.8. The van der Waals surface area contributed by atoms with Crippen LogP contribution >= 0.6 is 23.6 Å². The highest BCUT2D eigenvalue weighted by Gasteiger charge is 2.20. The fourth-order valence-electron chi connectivity index (χ4n) is 4.83. The number of thiazole rings is 1. The molecule has 1 saturated heterocycles. The second-order valence-corrected chi connectivity index (χ2v) is 10.7. The van der Waals surface area contributed by atoms with E-state index in [4.69, 9.17) is 21.9 Å². The van der Waals surface area contributed by atoms with Gasteiger partial charge in [0.15, 0.2) is 10.2 Å². The van der Waals surface area contributed by atoms with Gasteiger partial charge < -0.3 is 15.0 Å². The number of benzene rings is 3. The second kappa shape index (κ2) is 13.6. The number of hydrogen-bond donors (Lipinski definition) is 1. The molecule has 7 heteroatoms. The van der Waals surface area contributed by atoms with Crippen LogP contribution in [0.1, 0.15) is 23.5 Å². The molecule has 0 atom stereocenters. The van der Waals surface area contributed by atoms with E-state index >= 15 is 0 Å². The minimum atomic E-state index is 0.302. The lowest BCUT2D eigenvalue weighted by Crippen LogP contribution is -2.44. The quantitative estimate of drug-likeness (QED) is 0.235. The molecule has 1 aliphatic heterocycles. The highest BCUT2D eigenvalue weighted by Crippen LogP contribution is 2.29. The van der Waals surface area contributed by atoms with Gasteiger partial charge in [0.1, 0.15) is 0 Å². The maximum absolute atomic E-state index is 5.97. The molecular weight excluding hydrogens is 509 g/mol. The lowest BCUT2D eigenvalue weighted by atomic mass is 9.88. The van der Waals surface area contributed by atoms with Gasteiger partial charge in [0, 0.05) is 49.6 Å². The van der Waals surface area contributed by atoms with E-state index < -0.39 is 0 Å². The number of aromatic nitrogens is 1. The van der Waals surface area contributed by atoms with Crippen molar-refractivity contribution < 1.29 is 4.74 Å². The van der Waals surface area contributed by atoms with Gasteiger partial charge in [-0.05, 0) is 29.8 Å². The normalized spacial score (nSPS) is 13.9. The first-order valence-corrected chi connectivity index (χ1v) is 14.5. The van der Waals surface area contributed by atoms with Gasteiger partial charge in [-0.15, -0.1) is 11.3 Å². The summed E-state index contributed by atoms with van der Waals surface area (Å²) in [7, 11) is 0. The zero-order chi connectivity index (χ0) is 26.0. The lowest BCUT2D eigenvalue weighted by molar-refractivity contribution is 0.0359. The highest BCUT2D eigenvalue weighted by molar-refractivity contribution is 7.80. The van der Waals surface area contributed by atoms with Gasteiger partial charge in [-0.25, -0.2) is 4.98 Å². The van der Waals surface area contributed by atoms with Gasteiger partial charge >= 0.3 is 0 Å². The Morgan fingerprint density at radius 3 is 2.13 bits per heavy atom. The number of thiocarbonyl (C=S) groups is 1. The first-order valence-electron chi connectivity index (χ1n) is 13.2. The van der Waals surface area contributed by atoms with Crippen molar-refractivity contribution >= 4 is 33.8 Å². The highest BCUT2D eigenvalue weighted by atomic mass is 32.1. The third kappa shape index (κ3) is 7.26. The van der Waals surface area contributed by atoms with Crippen LogP contribution in [0.25, 0.3) is 11.3 Å². The Balaban J connectivity index is 1.30. The zero-order valence-electron chi connectivity index (χ0n) is 21.5. The van der Waals surface area contributed by atoms with Crippen LogP contribution in [0.5, 0.6) is 0 Å². The Morgan fingerprint density at radius 1 is 0.895 bits per heavy atom. The van der Waals surface area contributed by atoms with Crippen LogP contribution in [0.2, 0.25) is 0 Å². The molecule has 3 aromatic carbocycles. The van der Waals surface area contributed by atoms with Gasteiger partial charge in [-0.3, -0.25) is 4.90 Å². The summed E-state index contributed by atoms with van der Waals surface area (Å²) in [5.41, 5.74) is 4.74. The molecule has 0 amide bonds. The van der Waals surface area contributed by atoms with Gasteiger partial charge in [0.25, 0.3) is 0 Å². The average molecular weight is 543 g/mol. The number of nitrogens with one attached hydrogen (secondary N) is 1. The zero-order valence-corrected chi connectivity index (χ0v) is 23.2. The molecule has 5 nitrogen and oxygen atoms in total. The molecule has 1 fully saturated rings. The van der Waals surface area contributed by atoms with Gasteiger partial charge in [0.05, 0.1) is 18.9 Å². The fourth-order valence-corrected chi connectivity index (χ4v) is 5.89. The van der Waals surface area contributed by atoms with Crippen molar-refractivity contribution in [3.05, 3.63) is 108 Å². The van der Waals surface area contributed by atoms with Crippen LogP contribution in [0.4, 0.5) is 5.13 Å². The van der Waals surface area contributed by atoms with Crippen molar-refractivity contribution in [1.82, 2.24) is 14.8 Å². The molecule has 196 valence electrons. The van der Waals surface area contributed by atoms with Gasteiger partial charge in [0.2, 0.25) is 0 Å². The number of rotatable bonds is 10. The maximum Gasteiger partial charge on any atom is 0.189 e. The van der Waals surface area contributed by atoms with Crippen LogP contribution < -0.4 is 5.32 Å². The predicted octanol–water partition coefficient (Wildman–Crippen LogP) is 6.36. The summed E-state index contributed by atoms with van der Waals surface area (Å²) in [6, 6.07) is 31.8. The summed E-state index contributed by atoms with van der Waals surface area (Å²) < 4.78 is 5.55. The van der Waals surface area contributed by atoms with Crippen LogP contribution in [-0.4, -0.2) is 65.8 Å². The van der Waals surface area contributed by atoms with E-state index in [1.54, 1.807) is 11.3 Å². The van der Waals surface area contributed by atoms with Crippen molar-refractivity contribution in [1.29, 1.82) is 0 Å². The molecule has 1 N–H and O–H groups in total. The van der Waals surface area contributed by atoms with Crippen molar-refractivity contribution in [3.63, 3.8) is 0 Å². The minimum Gasteiger partial charge on any atom is -0.379 e. The van der Waals surface area contributed by atoms with E-state index in [9.17, 15) is 0 Å². The van der Waals surface area contributed by atoms with Crippen molar-refractivity contribution in [2.75, 3.05) is 51.3 Å².